The molecule has 2 aromatic rings. The summed E-state index contributed by atoms with van der Waals surface area (Å²) in [5.41, 5.74) is 1.54. The highest BCUT2D eigenvalue weighted by atomic mass is 16.2. The molecule has 1 aliphatic rings. The minimum atomic E-state index is -0.0865. The van der Waals surface area contributed by atoms with Crippen molar-refractivity contribution in [2.24, 2.45) is 0 Å². The van der Waals surface area contributed by atoms with Crippen molar-refractivity contribution in [3.63, 3.8) is 0 Å². The zero-order valence-electron chi connectivity index (χ0n) is 14.2. The van der Waals surface area contributed by atoms with Crippen LogP contribution in [0.25, 0.3) is 0 Å². The van der Waals surface area contributed by atoms with Crippen LogP contribution in [0.1, 0.15) is 16.1 Å². The maximum atomic E-state index is 12.6. The molecule has 0 spiro atoms. The van der Waals surface area contributed by atoms with E-state index >= 15 is 0 Å². The molecule has 3 rings (SSSR count). The van der Waals surface area contributed by atoms with E-state index in [0.29, 0.717) is 18.2 Å². The number of carbonyl (C=O) groups is 1. The molecular weight excluding hydrogens is 302 g/mol. The number of amides is 1. The maximum Gasteiger partial charge on any atom is 0.272 e. The second kappa shape index (κ2) is 7.40. The molecule has 0 atom stereocenters. The number of piperazine rings is 1. The number of benzene rings is 1. The number of hydrogen-bond donors (Lipinski definition) is 0. The standard InChI is InChI=1S/C18H23N5O/c1-21-10-12-23(13-11-21)18-19-9-8-16(20-18)17(24)22(2)14-15-6-4-3-5-7-15/h3-9H,10-14H2,1-2H3. The van der Waals surface area contributed by atoms with Crippen LogP contribution in [-0.2, 0) is 6.54 Å². The summed E-state index contributed by atoms with van der Waals surface area (Å²) in [6.07, 6.45) is 1.67. The van der Waals surface area contributed by atoms with Crippen molar-refractivity contribution in [1.29, 1.82) is 0 Å². The zero-order valence-corrected chi connectivity index (χ0v) is 14.2. The molecule has 0 bridgehead atoms. The number of anilines is 1. The van der Waals surface area contributed by atoms with Crippen molar-refractivity contribution >= 4 is 11.9 Å². The van der Waals surface area contributed by atoms with Gasteiger partial charge >= 0.3 is 0 Å². The molecule has 2 heterocycles. The summed E-state index contributed by atoms with van der Waals surface area (Å²) >= 11 is 0. The lowest BCUT2D eigenvalue weighted by Crippen LogP contribution is -2.45. The molecule has 6 heteroatoms. The lowest BCUT2D eigenvalue weighted by atomic mass is 10.2. The van der Waals surface area contributed by atoms with Gasteiger partial charge in [-0.2, -0.15) is 0 Å². The van der Waals surface area contributed by atoms with E-state index in [1.54, 1.807) is 24.2 Å². The summed E-state index contributed by atoms with van der Waals surface area (Å²) in [5.74, 6) is 0.554. The van der Waals surface area contributed by atoms with Crippen molar-refractivity contribution in [1.82, 2.24) is 19.8 Å². The predicted octanol–water partition coefficient (Wildman–Crippen LogP) is 1.50. The third kappa shape index (κ3) is 3.89. The van der Waals surface area contributed by atoms with Crippen molar-refractivity contribution in [2.45, 2.75) is 6.54 Å². The molecule has 0 radical (unpaired) electrons. The summed E-state index contributed by atoms with van der Waals surface area (Å²) in [6, 6.07) is 11.6. The van der Waals surface area contributed by atoms with Gasteiger partial charge in [-0.1, -0.05) is 30.3 Å². The molecule has 1 saturated heterocycles. The summed E-state index contributed by atoms with van der Waals surface area (Å²) in [5, 5.41) is 0. The van der Waals surface area contributed by atoms with E-state index < -0.39 is 0 Å². The van der Waals surface area contributed by atoms with Gasteiger partial charge in [0.15, 0.2) is 0 Å². The van der Waals surface area contributed by atoms with Crippen LogP contribution in [0.5, 0.6) is 0 Å². The Morgan fingerprint density at radius 1 is 1.12 bits per heavy atom. The van der Waals surface area contributed by atoms with E-state index in [4.69, 9.17) is 0 Å². The molecule has 1 aromatic carbocycles. The third-order valence-electron chi connectivity index (χ3n) is 4.26. The van der Waals surface area contributed by atoms with E-state index in [1.807, 2.05) is 30.3 Å². The fourth-order valence-electron chi connectivity index (χ4n) is 2.75. The number of nitrogens with zero attached hydrogens (tertiary/aromatic N) is 5. The topological polar surface area (TPSA) is 52.6 Å². The SMILES string of the molecule is CN1CCN(c2nccc(C(=O)N(C)Cc3ccccc3)n2)CC1. The lowest BCUT2D eigenvalue weighted by Gasteiger charge is -2.32. The first-order chi connectivity index (χ1) is 11.6. The van der Waals surface area contributed by atoms with Gasteiger partial charge in [0.25, 0.3) is 5.91 Å². The first-order valence-electron chi connectivity index (χ1n) is 8.19. The van der Waals surface area contributed by atoms with Crippen molar-refractivity contribution < 1.29 is 4.79 Å². The highest BCUT2D eigenvalue weighted by molar-refractivity contribution is 5.92. The van der Waals surface area contributed by atoms with Crippen molar-refractivity contribution in [3.05, 3.63) is 53.9 Å². The highest BCUT2D eigenvalue weighted by Crippen LogP contribution is 2.12. The molecule has 0 unspecified atom stereocenters. The molecule has 6 nitrogen and oxygen atoms in total. The lowest BCUT2D eigenvalue weighted by molar-refractivity contribution is 0.0779. The van der Waals surface area contributed by atoms with Crippen LogP contribution in [-0.4, -0.2) is 65.9 Å². The van der Waals surface area contributed by atoms with Gasteiger partial charge in [-0.3, -0.25) is 4.79 Å². The molecule has 1 aromatic heterocycles. The van der Waals surface area contributed by atoms with Gasteiger partial charge < -0.3 is 14.7 Å². The molecule has 1 fully saturated rings. The second-order valence-corrected chi connectivity index (χ2v) is 6.18. The summed E-state index contributed by atoms with van der Waals surface area (Å²) in [7, 11) is 3.91. The van der Waals surface area contributed by atoms with E-state index in [1.165, 1.54) is 0 Å². The van der Waals surface area contributed by atoms with Gasteiger partial charge in [0.2, 0.25) is 5.95 Å². The van der Waals surface area contributed by atoms with Crippen LogP contribution < -0.4 is 4.90 Å². The van der Waals surface area contributed by atoms with E-state index in [2.05, 4.69) is 26.8 Å². The average Bonchev–Trinajstić information content (AvgIpc) is 2.62. The largest absolute Gasteiger partial charge is 0.338 e. The van der Waals surface area contributed by atoms with Gasteiger partial charge in [-0.25, -0.2) is 9.97 Å². The quantitative estimate of drug-likeness (QED) is 0.853. The monoisotopic (exact) mass is 325 g/mol. The predicted molar refractivity (Wildman–Crippen MR) is 94.0 cm³/mol. The van der Waals surface area contributed by atoms with E-state index in [-0.39, 0.29) is 5.91 Å². The first kappa shape index (κ1) is 16.4. The molecule has 1 amide bonds. The smallest absolute Gasteiger partial charge is 0.272 e. The van der Waals surface area contributed by atoms with Crippen LogP contribution in [0.4, 0.5) is 5.95 Å². The van der Waals surface area contributed by atoms with E-state index in [0.717, 1.165) is 31.7 Å². The Morgan fingerprint density at radius 3 is 2.54 bits per heavy atom. The highest BCUT2D eigenvalue weighted by Gasteiger charge is 2.19. The Hall–Kier alpha value is -2.47. The molecule has 0 aliphatic carbocycles. The summed E-state index contributed by atoms with van der Waals surface area (Å²) < 4.78 is 0. The Balaban J connectivity index is 1.69. The van der Waals surface area contributed by atoms with Crippen LogP contribution >= 0.6 is 0 Å². The average molecular weight is 325 g/mol. The molecule has 24 heavy (non-hydrogen) atoms. The summed E-state index contributed by atoms with van der Waals surface area (Å²) in [6.45, 7) is 4.29. The Morgan fingerprint density at radius 2 is 1.83 bits per heavy atom. The minimum absolute atomic E-state index is 0.0865. The number of likely N-dealkylation sites (N-methyl/N-ethyl adjacent to an activating group) is 1. The number of aromatic nitrogens is 2. The van der Waals surface area contributed by atoms with Gasteiger partial charge in [-0.05, 0) is 18.7 Å². The minimum Gasteiger partial charge on any atom is -0.338 e. The number of carbonyl (C=O) groups excluding carboxylic acids is 1. The molecule has 1 aliphatic heterocycles. The van der Waals surface area contributed by atoms with Gasteiger partial charge in [0, 0.05) is 46.0 Å². The first-order valence-corrected chi connectivity index (χ1v) is 8.19. The fourth-order valence-corrected chi connectivity index (χ4v) is 2.75. The number of rotatable bonds is 4. The summed E-state index contributed by atoms with van der Waals surface area (Å²) in [4.78, 5) is 27.6. The van der Waals surface area contributed by atoms with Crippen molar-refractivity contribution in [2.75, 3.05) is 45.2 Å². The molecule has 0 N–H and O–H groups in total. The normalized spacial score (nSPS) is 15.3. The maximum absolute atomic E-state index is 12.6. The van der Waals surface area contributed by atoms with Crippen LogP contribution in [0.15, 0.2) is 42.6 Å². The zero-order chi connectivity index (χ0) is 16.9. The Bertz CT molecular complexity index is 683. The van der Waals surface area contributed by atoms with Crippen LogP contribution in [0, 0.1) is 0 Å². The van der Waals surface area contributed by atoms with Gasteiger partial charge in [-0.15, -0.1) is 0 Å². The fraction of sp³-hybridized carbons (Fsp3) is 0.389. The van der Waals surface area contributed by atoms with Crippen molar-refractivity contribution in [3.8, 4) is 0 Å². The van der Waals surface area contributed by atoms with Crippen LogP contribution in [0.2, 0.25) is 0 Å². The van der Waals surface area contributed by atoms with Gasteiger partial charge in [0.1, 0.15) is 5.69 Å². The number of hydrogen-bond acceptors (Lipinski definition) is 5. The molecule has 0 saturated carbocycles. The Labute approximate surface area is 142 Å². The second-order valence-electron chi connectivity index (χ2n) is 6.18. The Kier molecular flexibility index (Phi) is 5.05. The molecule has 126 valence electrons. The third-order valence-corrected chi connectivity index (χ3v) is 4.26. The van der Waals surface area contributed by atoms with E-state index in [9.17, 15) is 4.79 Å². The van der Waals surface area contributed by atoms with Gasteiger partial charge in [0.05, 0.1) is 0 Å². The molecular formula is C18H23N5O. The van der Waals surface area contributed by atoms with Crippen LogP contribution in [0.3, 0.4) is 0 Å².